The molecule has 3 aromatic rings. The number of thiophene rings is 1. The van der Waals surface area contributed by atoms with Gasteiger partial charge < -0.3 is 14.7 Å². The number of ether oxygens (including phenoxy) is 1. The minimum absolute atomic E-state index is 0.0494. The summed E-state index contributed by atoms with van der Waals surface area (Å²) >= 11 is 2.74. The molecule has 1 aliphatic carbocycles. The summed E-state index contributed by atoms with van der Waals surface area (Å²) in [6.45, 7) is 4.15. The maximum atomic E-state index is 13.9. The lowest BCUT2D eigenvalue weighted by molar-refractivity contribution is -0.123. The lowest BCUT2D eigenvalue weighted by Crippen LogP contribution is -2.42. The third kappa shape index (κ3) is 6.35. The van der Waals surface area contributed by atoms with Crippen molar-refractivity contribution in [2.24, 2.45) is 17.8 Å². The molecule has 1 aliphatic heterocycles. The average Bonchev–Trinajstić information content (AvgIpc) is 3.62. The molecule has 1 amide bonds. The van der Waals surface area contributed by atoms with Crippen LogP contribution in [0.4, 0.5) is 5.69 Å². The third-order valence-corrected chi connectivity index (χ3v) is 9.29. The van der Waals surface area contributed by atoms with Crippen molar-refractivity contribution in [3.05, 3.63) is 57.4 Å². The number of carbonyl (C=O) groups excluding carboxylic acids is 1. The first-order valence-corrected chi connectivity index (χ1v) is 15.0. The first-order chi connectivity index (χ1) is 18.5. The van der Waals surface area contributed by atoms with E-state index >= 15 is 0 Å². The number of aromatic nitrogens is 1. The average molecular weight is 549 g/mol. The molecule has 1 N–H and O–H groups in total. The Balaban J connectivity index is 1.44. The lowest BCUT2D eigenvalue weighted by Gasteiger charge is -2.34. The number of hydrogen-bond acceptors (Lipinski definition) is 6. The Labute approximate surface area is 231 Å². The zero-order valence-electron chi connectivity index (χ0n) is 21.5. The van der Waals surface area contributed by atoms with Crippen molar-refractivity contribution >= 4 is 40.2 Å². The van der Waals surface area contributed by atoms with Gasteiger partial charge in [0.15, 0.2) is 0 Å². The topological polar surface area (TPSA) is 79.7 Å². The number of carboxylic acids is 1. The zero-order valence-corrected chi connectivity index (χ0v) is 23.2. The van der Waals surface area contributed by atoms with Crippen LogP contribution in [-0.2, 0) is 9.53 Å². The number of benzene rings is 1. The highest BCUT2D eigenvalue weighted by atomic mass is 32.1. The maximum absolute atomic E-state index is 13.9. The van der Waals surface area contributed by atoms with Gasteiger partial charge in [0.2, 0.25) is 5.91 Å². The predicted molar refractivity (Wildman–Crippen MR) is 152 cm³/mol. The molecule has 2 aromatic heterocycles. The molecule has 0 unspecified atom stereocenters. The lowest BCUT2D eigenvalue weighted by atomic mass is 9.82. The van der Waals surface area contributed by atoms with E-state index in [4.69, 9.17) is 4.74 Å². The molecule has 1 saturated carbocycles. The predicted octanol–water partition coefficient (Wildman–Crippen LogP) is 6.56. The fourth-order valence-corrected chi connectivity index (χ4v) is 6.72. The fraction of sp³-hybridized carbons (Fsp3) is 0.433. The Morgan fingerprint density at radius 1 is 1.08 bits per heavy atom. The molecule has 0 spiro atoms. The Morgan fingerprint density at radius 3 is 2.47 bits per heavy atom. The van der Waals surface area contributed by atoms with Gasteiger partial charge in [-0.3, -0.25) is 4.79 Å². The zero-order chi connectivity index (χ0) is 26.5. The molecule has 1 aromatic carbocycles. The van der Waals surface area contributed by atoms with Gasteiger partial charge >= 0.3 is 5.97 Å². The Kier molecular flexibility index (Phi) is 8.58. The van der Waals surface area contributed by atoms with Crippen molar-refractivity contribution < 1.29 is 19.4 Å². The molecule has 8 heteroatoms. The summed E-state index contributed by atoms with van der Waals surface area (Å²) in [6.07, 6.45) is 5.59. The first-order valence-electron chi connectivity index (χ1n) is 13.2. The minimum Gasteiger partial charge on any atom is -0.477 e. The van der Waals surface area contributed by atoms with Crippen LogP contribution in [0.5, 0.6) is 0 Å². The molecular weight excluding hydrogens is 516 g/mol. The normalized spacial score (nSPS) is 19.9. The molecule has 198 valence electrons. The standard InChI is InChI=1S/C30H32N2O4S2/c1-20-2-7-24(8-3-20)29(33)32(17-22-12-14-36-15-13-22)26-16-27(38-28(26)30(34)35)23-9-4-21(5-10-23)6-11-25-18-37-19-31-25/h4-5,9-10,16,18-20,22,24H,2-3,7-8,12-15,17H2,1H3,(H,34,35). The van der Waals surface area contributed by atoms with Crippen LogP contribution in [-0.4, -0.2) is 41.7 Å². The quantitative estimate of drug-likeness (QED) is 0.353. The number of carboxylic acid groups (broad SMARTS) is 1. The third-order valence-electron chi connectivity index (χ3n) is 7.55. The van der Waals surface area contributed by atoms with Gasteiger partial charge in [0.1, 0.15) is 10.6 Å². The van der Waals surface area contributed by atoms with Crippen LogP contribution in [0.2, 0.25) is 0 Å². The van der Waals surface area contributed by atoms with E-state index in [9.17, 15) is 14.7 Å². The first kappa shape index (κ1) is 26.6. The highest BCUT2D eigenvalue weighted by molar-refractivity contribution is 7.18. The second-order valence-corrected chi connectivity index (χ2v) is 12.1. The van der Waals surface area contributed by atoms with Gasteiger partial charge in [0, 0.05) is 41.5 Å². The van der Waals surface area contributed by atoms with E-state index in [1.54, 1.807) is 10.4 Å². The number of nitrogens with zero attached hydrogens (tertiary/aromatic N) is 2. The van der Waals surface area contributed by atoms with Gasteiger partial charge in [-0.2, -0.15) is 0 Å². The number of amides is 1. The van der Waals surface area contributed by atoms with Crippen LogP contribution in [0, 0.1) is 29.6 Å². The summed E-state index contributed by atoms with van der Waals surface area (Å²) < 4.78 is 5.54. The number of anilines is 1. The van der Waals surface area contributed by atoms with Gasteiger partial charge in [-0.25, -0.2) is 9.78 Å². The summed E-state index contributed by atoms with van der Waals surface area (Å²) in [5.74, 6) is 6.13. The molecular formula is C30H32N2O4S2. The van der Waals surface area contributed by atoms with Crippen LogP contribution in [0.25, 0.3) is 10.4 Å². The fourth-order valence-electron chi connectivity index (χ4n) is 5.23. The number of thiazole rings is 1. The molecule has 0 bridgehead atoms. The molecule has 2 aliphatic rings. The highest BCUT2D eigenvalue weighted by Gasteiger charge is 2.33. The summed E-state index contributed by atoms with van der Waals surface area (Å²) in [5, 5.41) is 12.0. The number of carbonyl (C=O) groups is 2. The number of hydrogen-bond donors (Lipinski definition) is 1. The summed E-state index contributed by atoms with van der Waals surface area (Å²) in [7, 11) is 0. The Bertz CT molecular complexity index is 1310. The van der Waals surface area contributed by atoms with E-state index in [1.807, 2.05) is 35.7 Å². The molecule has 0 atom stereocenters. The van der Waals surface area contributed by atoms with Gasteiger partial charge in [0.05, 0.1) is 11.2 Å². The van der Waals surface area contributed by atoms with Crippen molar-refractivity contribution in [2.75, 3.05) is 24.7 Å². The SMILES string of the molecule is CC1CCC(C(=O)N(CC2CCOCC2)c2cc(-c3ccc(C#Cc4cscn4)cc3)sc2C(=O)O)CC1. The minimum atomic E-state index is -0.996. The molecule has 0 radical (unpaired) electrons. The van der Waals surface area contributed by atoms with E-state index < -0.39 is 5.97 Å². The number of aromatic carboxylic acids is 1. The van der Waals surface area contributed by atoms with E-state index in [0.717, 1.165) is 60.2 Å². The van der Waals surface area contributed by atoms with E-state index in [-0.39, 0.29) is 16.7 Å². The Hall–Kier alpha value is -2.99. The van der Waals surface area contributed by atoms with Crippen LogP contribution >= 0.6 is 22.7 Å². The van der Waals surface area contributed by atoms with Gasteiger partial charge in [-0.05, 0) is 80.0 Å². The second kappa shape index (κ2) is 12.2. The van der Waals surface area contributed by atoms with E-state index in [2.05, 4.69) is 23.7 Å². The smallest absolute Gasteiger partial charge is 0.348 e. The van der Waals surface area contributed by atoms with Crippen LogP contribution in [0.15, 0.2) is 41.2 Å². The summed E-state index contributed by atoms with van der Waals surface area (Å²) in [5.41, 5.74) is 4.80. The van der Waals surface area contributed by atoms with Crippen LogP contribution in [0.1, 0.15) is 66.4 Å². The summed E-state index contributed by atoms with van der Waals surface area (Å²) in [4.78, 5) is 33.3. The van der Waals surface area contributed by atoms with Crippen LogP contribution < -0.4 is 4.90 Å². The van der Waals surface area contributed by atoms with Crippen molar-refractivity contribution in [1.82, 2.24) is 4.98 Å². The molecule has 2 fully saturated rings. The molecule has 3 heterocycles. The van der Waals surface area contributed by atoms with E-state index in [1.165, 1.54) is 22.7 Å². The largest absolute Gasteiger partial charge is 0.477 e. The molecule has 5 rings (SSSR count). The van der Waals surface area contributed by atoms with Crippen molar-refractivity contribution in [3.63, 3.8) is 0 Å². The van der Waals surface area contributed by atoms with Crippen molar-refractivity contribution in [2.45, 2.75) is 45.4 Å². The monoisotopic (exact) mass is 548 g/mol. The Morgan fingerprint density at radius 2 is 1.82 bits per heavy atom. The second-order valence-electron chi connectivity index (χ2n) is 10.3. The van der Waals surface area contributed by atoms with E-state index in [0.29, 0.717) is 37.3 Å². The molecule has 6 nitrogen and oxygen atoms in total. The van der Waals surface area contributed by atoms with Crippen molar-refractivity contribution in [3.8, 4) is 22.3 Å². The maximum Gasteiger partial charge on any atom is 0.348 e. The molecule has 38 heavy (non-hydrogen) atoms. The van der Waals surface area contributed by atoms with Gasteiger partial charge in [-0.15, -0.1) is 22.7 Å². The van der Waals surface area contributed by atoms with Crippen LogP contribution in [0.3, 0.4) is 0 Å². The molecule has 1 saturated heterocycles. The highest BCUT2D eigenvalue weighted by Crippen LogP contribution is 2.40. The van der Waals surface area contributed by atoms with Gasteiger partial charge in [-0.1, -0.05) is 25.0 Å². The summed E-state index contributed by atoms with van der Waals surface area (Å²) in [6, 6.07) is 9.68. The number of rotatable bonds is 6. The van der Waals surface area contributed by atoms with Gasteiger partial charge in [0.25, 0.3) is 0 Å². The van der Waals surface area contributed by atoms with Crippen molar-refractivity contribution in [1.29, 1.82) is 0 Å².